The van der Waals surface area contributed by atoms with Crippen LogP contribution in [0.2, 0.25) is 0 Å². The van der Waals surface area contributed by atoms with Crippen LogP contribution in [0.3, 0.4) is 0 Å². The molecule has 1 unspecified atom stereocenters. The second-order valence-corrected chi connectivity index (χ2v) is 8.91. The summed E-state index contributed by atoms with van der Waals surface area (Å²) in [5.74, 6) is 0.919. The van der Waals surface area contributed by atoms with Crippen LogP contribution in [-0.4, -0.2) is 29.9 Å². The minimum atomic E-state index is -0.271. The summed E-state index contributed by atoms with van der Waals surface area (Å²) in [4.78, 5) is 27.8. The van der Waals surface area contributed by atoms with Gasteiger partial charge in [-0.1, -0.05) is 58.1 Å². The minimum Gasteiger partial charge on any atom is -0.423 e. The van der Waals surface area contributed by atoms with Crippen molar-refractivity contribution in [2.75, 3.05) is 17.7 Å². The first-order valence-electron chi connectivity index (χ1n) is 10.7. The molecule has 1 fully saturated rings. The summed E-state index contributed by atoms with van der Waals surface area (Å²) in [5.41, 5.74) is 0.728. The fourth-order valence-corrected chi connectivity index (χ4v) is 3.98. The van der Waals surface area contributed by atoms with Gasteiger partial charge in [-0.2, -0.15) is 11.8 Å². The number of rotatable bonds is 9. The highest BCUT2D eigenvalue weighted by atomic mass is 32.2. The average Bonchev–Trinajstić information content (AvgIpc) is 2.75. The van der Waals surface area contributed by atoms with E-state index in [0.717, 1.165) is 44.2 Å². The van der Waals surface area contributed by atoms with Crippen LogP contribution in [0, 0.1) is 11.8 Å². The Labute approximate surface area is 174 Å². The first-order chi connectivity index (χ1) is 13.5. The van der Waals surface area contributed by atoms with Gasteiger partial charge >= 0.3 is 5.97 Å². The molecular formula is C23H35NO3S. The van der Waals surface area contributed by atoms with Gasteiger partial charge in [-0.15, -0.1) is 0 Å². The Morgan fingerprint density at radius 2 is 1.79 bits per heavy atom. The standard InChI is InChI=1S/C23H35NO3S/c1-5-18(6-2)16-24(22(25)19-12-8-7-9-13-19)20-14-10-11-15-21(20)27-23(26)17(3)28-4/h10-11,14-15,17-19H,5-9,12-13,16H2,1-4H3. The largest absolute Gasteiger partial charge is 0.423 e. The molecule has 0 radical (unpaired) electrons. The van der Waals surface area contributed by atoms with Crippen molar-refractivity contribution < 1.29 is 14.3 Å². The fourth-order valence-electron chi connectivity index (χ4n) is 3.74. The van der Waals surface area contributed by atoms with E-state index in [-0.39, 0.29) is 23.0 Å². The van der Waals surface area contributed by atoms with Gasteiger partial charge in [-0.05, 0) is 44.1 Å². The number of amides is 1. The Morgan fingerprint density at radius 3 is 2.39 bits per heavy atom. The molecule has 1 saturated carbocycles. The summed E-state index contributed by atoms with van der Waals surface area (Å²) in [6.45, 7) is 6.85. The van der Waals surface area contributed by atoms with Crippen LogP contribution >= 0.6 is 11.8 Å². The Kier molecular flexibility index (Phi) is 9.36. The third-order valence-corrected chi connectivity index (χ3v) is 6.77. The number of anilines is 1. The van der Waals surface area contributed by atoms with E-state index < -0.39 is 0 Å². The van der Waals surface area contributed by atoms with Crippen molar-refractivity contribution >= 4 is 29.3 Å². The lowest BCUT2D eigenvalue weighted by Gasteiger charge is -2.32. The number of nitrogens with zero attached hydrogens (tertiary/aromatic N) is 1. The van der Waals surface area contributed by atoms with Crippen LogP contribution < -0.4 is 9.64 Å². The first kappa shape index (κ1) is 22.8. The molecule has 0 aromatic heterocycles. The molecule has 4 nitrogen and oxygen atoms in total. The normalized spacial score (nSPS) is 16.0. The van der Waals surface area contributed by atoms with E-state index in [1.807, 2.05) is 36.3 Å². The maximum absolute atomic E-state index is 13.5. The molecular weight excluding hydrogens is 370 g/mol. The zero-order valence-corrected chi connectivity index (χ0v) is 18.6. The lowest BCUT2D eigenvalue weighted by molar-refractivity contribution is -0.133. The Balaban J connectivity index is 2.33. The summed E-state index contributed by atoms with van der Waals surface area (Å²) < 4.78 is 5.71. The SMILES string of the molecule is CCC(CC)CN(C(=O)C1CCCCC1)c1ccccc1OC(=O)C(C)SC. The molecule has 0 saturated heterocycles. The summed E-state index contributed by atoms with van der Waals surface area (Å²) in [6, 6.07) is 7.48. The molecule has 1 aromatic carbocycles. The van der Waals surface area contributed by atoms with Gasteiger partial charge < -0.3 is 9.64 Å². The smallest absolute Gasteiger partial charge is 0.324 e. The first-order valence-corrected chi connectivity index (χ1v) is 11.9. The van der Waals surface area contributed by atoms with Crippen LogP contribution in [0.1, 0.15) is 65.7 Å². The third kappa shape index (κ3) is 6.00. The number of thioether (sulfide) groups is 1. The van der Waals surface area contributed by atoms with Gasteiger partial charge in [0, 0.05) is 12.5 Å². The summed E-state index contributed by atoms with van der Waals surface area (Å²) in [6.07, 6.45) is 9.33. The van der Waals surface area contributed by atoms with E-state index >= 15 is 0 Å². The molecule has 28 heavy (non-hydrogen) atoms. The zero-order chi connectivity index (χ0) is 20.5. The third-order valence-electron chi connectivity index (χ3n) is 5.87. The average molecular weight is 406 g/mol. The lowest BCUT2D eigenvalue weighted by Crippen LogP contribution is -2.40. The van der Waals surface area contributed by atoms with Crippen LogP contribution in [0.15, 0.2) is 24.3 Å². The molecule has 2 rings (SSSR count). The van der Waals surface area contributed by atoms with E-state index in [9.17, 15) is 9.59 Å². The van der Waals surface area contributed by atoms with Gasteiger partial charge in [0.15, 0.2) is 5.75 Å². The van der Waals surface area contributed by atoms with E-state index in [0.29, 0.717) is 18.2 Å². The monoisotopic (exact) mass is 405 g/mol. The molecule has 156 valence electrons. The molecule has 0 spiro atoms. The number of hydrogen-bond donors (Lipinski definition) is 0. The number of carbonyl (C=O) groups excluding carboxylic acids is 2. The maximum atomic E-state index is 13.5. The summed E-state index contributed by atoms with van der Waals surface area (Å²) in [7, 11) is 0. The summed E-state index contributed by atoms with van der Waals surface area (Å²) in [5, 5.41) is -0.241. The fraction of sp³-hybridized carbons (Fsp3) is 0.652. The van der Waals surface area contributed by atoms with Crippen molar-refractivity contribution in [3.05, 3.63) is 24.3 Å². The Morgan fingerprint density at radius 1 is 1.14 bits per heavy atom. The van der Waals surface area contributed by atoms with Gasteiger partial charge in [-0.25, -0.2) is 0 Å². The molecule has 1 aromatic rings. The number of ether oxygens (including phenoxy) is 1. The molecule has 1 amide bonds. The molecule has 1 aliphatic carbocycles. The van der Waals surface area contributed by atoms with Gasteiger partial charge in [-0.3, -0.25) is 9.59 Å². The number of esters is 1. The highest BCUT2D eigenvalue weighted by Crippen LogP contribution is 2.34. The van der Waals surface area contributed by atoms with E-state index in [2.05, 4.69) is 13.8 Å². The second kappa shape index (κ2) is 11.5. The van der Waals surface area contributed by atoms with Crippen molar-refractivity contribution in [2.24, 2.45) is 11.8 Å². The molecule has 0 N–H and O–H groups in total. The molecule has 1 atom stereocenters. The van der Waals surface area contributed by atoms with Crippen molar-refractivity contribution in [2.45, 2.75) is 71.0 Å². The topological polar surface area (TPSA) is 46.6 Å². The van der Waals surface area contributed by atoms with Gasteiger partial charge in [0.2, 0.25) is 5.91 Å². The van der Waals surface area contributed by atoms with Crippen LogP contribution in [0.5, 0.6) is 5.75 Å². The molecule has 5 heteroatoms. The van der Waals surface area contributed by atoms with E-state index in [1.54, 1.807) is 6.07 Å². The van der Waals surface area contributed by atoms with Crippen LogP contribution in [0.25, 0.3) is 0 Å². The number of carbonyl (C=O) groups is 2. The minimum absolute atomic E-state index is 0.0805. The van der Waals surface area contributed by atoms with Gasteiger partial charge in [0.05, 0.1) is 10.9 Å². The van der Waals surface area contributed by atoms with E-state index in [1.165, 1.54) is 18.2 Å². The molecule has 0 aliphatic heterocycles. The number of hydrogen-bond acceptors (Lipinski definition) is 4. The number of benzene rings is 1. The van der Waals surface area contributed by atoms with Crippen LogP contribution in [0.4, 0.5) is 5.69 Å². The quantitative estimate of drug-likeness (QED) is 0.391. The predicted octanol–water partition coefficient (Wildman–Crippen LogP) is 5.69. The van der Waals surface area contributed by atoms with E-state index in [4.69, 9.17) is 4.74 Å². The van der Waals surface area contributed by atoms with Gasteiger partial charge in [0.25, 0.3) is 0 Å². The zero-order valence-electron chi connectivity index (χ0n) is 17.8. The Hall–Kier alpha value is -1.49. The van der Waals surface area contributed by atoms with Crippen LogP contribution in [-0.2, 0) is 9.59 Å². The maximum Gasteiger partial charge on any atom is 0.324 e. The van der Waals surface area contributed by atoms with Crippen molar-refractivity contribution in [1.82, 2.24) is 0 Å². The van der Waals surface area contributed by atoms with Crippen molar-refractivity contribution in [3.8, 4) is 5.75 Å². The highest BCUT2D eigenvalue weighted by molar-refractivity contribution is 7.99. The molecule has 0 bridgehead atoms. The highest BCUT2D eigenvalue weighted by Gasteiger charge is 2.30. The van der Waals surface area contributed by atoms with Gasteiger partial charge in [0.1, 0.15) is 0 Å². The predicted molar refractivity (Wildman–Crippen MR) is 118 cm³/mol. The second-order valence-electron chi connectivity index (χ2n) is 7.73. The molecule has 0 heterocycles. The van der Waals surface area contributed by atoms with Crippen molar-refractivity contribution in [3.63, 3.8) is 0 Å². The lowest BCUT2D eigenvalue weighted by atomic mass is 9.87. The summed E-state index contributed by atoms with van der Waals surface area (Å²) >= 11 is 1.46. The van der Waals surface area contributed by atoms with Crippen molar-refractivity contribution in [1.29, 1.82) is 0 Å². The number of para-hydroxylation sites is 2. The molecule has 1 aliphatic rings. The Bertz CT molecular complexity index is 638.